The van der Waals surface area contributed by atoms with E-state index in [9.17, 15) is 0 Å². The van der Waals surface area contributed by atoms with Gasteiger partial charge in [-0.1, -0.05) is 36.4 Å². The van der Waals surface area contributed by atoms with Gasteiger partial charge in [0.15, 0.2) is 0 Å². The summed E-state index contributed by atoms with van der Waals surface area (Å²) in [7, 11) is 0. The van der Waals surface area contributed by atoms with Gasteiger partial charge >= 0.3 is 0 Å². The summed E-state index contributed by atoms with van der Waals surface area (Å²) < 4.78 is 21.3. The summed E-state index contributed by atoms with van der Waals surface area (Å²) in [6, 6.07) is 17.0. The van der Waals surface area contributed by atoms with Crippen molar-refractivity contribution in [2.45, 2.75) is 38.3 Å². The van der Waals surface area contributed by atoms with Crippen LogP contribution in [0.15, 0.2) is 48.5 Å². The van der Waals surface area contributed by atoms with Crippen LogP contribution in [0.25, 0.3) is 0 Å². The van der Waals surface area contributed by atoms with Gasteiger partial charge < -0.3 is 28.7 Å². The third-order valence-corrected chi connectivity index (χ3v) is 6.22. The van der Waals surface area contributed by atoms with Crippen LogP contribution in [-0.4, -0.2) is 77.0 Å². The molecule has 0 amide bonds. The highest BCUT2D eigenvalue weighted by Gasteiger charge is 2.32. The molecule has 32 heavy (non-hydrogen) atoms. The second-order valence-corrected chi connectivity index (χ2v) is 9.20. The predicted molar refractivity (Wildman–Crippen MR) is 126 cm³/mol. The zero-order valence-electron chi connectivity index (χ0n) is 19.1. The van der Waals surface area contributed by atoms with Crippen molar-refractivity contribution in [1.29, 1.82) is 0 Å². The number of ether oxygens (including phenoxy) is 4. The normalized spacial score (nSPS) is 26.6. The zero-order chi connectivity index (χ0) is 21.9. The van der Waals surface area contributed by atoms with Gasteiger partial charge in [0.1, 0.15) is 0 Å². The van der Waals surface area contributed by atoms with E-state index in [1.807, 2.05) is 0 Å². The summed E-state index contributed by atoms with van der Waals surface area (Å²) in [6.45, 7) is 11.9. The molecule has 0 bridgehead atoms. The summed E-state index contributed by atoms with van der Waals surface area (Å²) >= 11 is 0. The van der Waals surface area contributed by atoms with E-state index in [2.05, 4.69) is 72.2 Å². The summed E-state index contributed by atoms with van der Waals surface area (Å²) in [5, 5.41) is 0. The molecule has 2 aromatic carbocycles. The molecule has 0 spiro atoms. The highest BCUT2D eigenvalue weighted by atomic mass is 16.6. The van der Waals surface area contributed by atoms with Crippen LogP contribution >= 0.6 is 0 Å². The minimum atomic E-state index is 0.429. The summed E-state index contributed by atoms with van der Waals surface area (Å²) in [4.78, 5) is 4.79. The lowest BCUT2D eigenvalue weighted by molar-refractivity contribution is 0.388. The SMILES string of the molecule is Cc1ccccc1N(CC1CO1)CC1CO1.Cc1ccccc1N(CC1CO1)CC1CO1. The first-order valence-corrected chi connectivity index (χ1v) is 11.7. The molecule has 0 saturated carbocycles. The van der Waals surface area contributed by atoms with Crippen molar-refractivity contribution in [3.8, 4) is 0 Å². The quantitative estimate of drug-likeness (QED) is 0.531. The van der Waals surface area contributed by atoms with Crippen molar-refractivity contribution < 1.29 is 18.9 Å². The lowest BCUT2D eigenvalue weighted by atomic mass is 10.1. The molecule has 0 aliphatic carbocycles. The number of hydrogen-bond acceptors (Lipinski definition) is 6. The maximum absolute atomic E-state index is 5.32. The lowest BCUT2D eigenvalue weighted by Crippen LogP contribution is -2.32. The van der Waals surface area contributed by atoms with Gasteiger partial charge in [0.2, 0.25) is 0 Å². The van der Waals surface area contributed by atoms with E-state index in [0.29, 0.717) is 24.4 Å². The van der Waals surface area contributed by atoms with Gasteiger partial charge in [-0.3, -0.25) is 0 Å². The topological polar surface area (TPSA) is 56.6 Å². The molecule has 0 aromatic heterocycles. The fraction of sp³-hybridized carbons (Fsp3) is 0.538. The van der Waals surface area contributed by atoms with E-state index >= 15 is 0 Å². The van der Waals surface area contributed by atoms with Crippen LogP contribution in [-0.2, 0) is 18.9 Å². The largest absolute Gasteiger partial charge is 0.371 e. The maximum atomic E-state index is 5.32. The van der Waals surface area contributed by atoms with Crippen LogP contribution in [0.5, 0.6) is 0 Å². The number of epoxide rings is 4. The average Bonchev–Trinajstić information content (AvgIpc) is 3.62. The molecular weight excluding hydrogens is 404 g/mol. The Labute approximate surface area is 191 Å². The van der Waals surface area contributed by atoms with E-state index in [1.54, 1.807) is 0 Å². The fourth-order valence-electron chi connectivity index (χ4n) is 4.06. The summed E-state index contributed by atoms with van der Waals surface area (Å²) in [5.74, 6) is 0. The number of para-hydroxylation sites is 2. The van der Waals surface area contributed by atoms with Gasteiger partial charge in [-0.15, -0.1) is 0 Å². The minimum absolute atomic E-state index is 0.429. The van der Waals surface area contributed by atoms with Crippen LogP contribution in [0.1, 0.15) is 11.1 Å². The number of anilines is 2. The molecule has 4 aliphatic rings. The molecule has 172 valence electrons. The molecular formula is C26H34N2O4. The standard InChI is InChI=1S/2C13H17NO2/c2*1-10-4-2-3-5-13(10)14(6-11-8-15-11)7-12-9-16-12/h2*2-5,11-12H,6-9H2,1H3. The molecule has 6 nitrogen and oxygen atoms in total. The van der Waals surface area contributed by atoms with E-state index in [0.717, 1.165) is 52.6 Å². The number of rotatable bonds is 10. The number of aryl methyl sites for hydroxylation is 2. The highest BCUT2D eigenvalue weighted by molar-refractivity contribution is 5.54. The molecule has 4 atom stereocenters. The summed E-state index contributed by atoms with van der Waals surface area (Å²) in [5.41, 5.74) is 5.27. The van der Waals surface area contributed by atoms with Gasteiger partial charge in [-0.05, 0) is 37.1 Å². The molecule has 0 N–H and O–H groups in total. The van der Waals surface area contributed by atoms with Crippen molar-refractivity contribution in [1.82, 2.24) is 0 Å². The van der Waals surface area contributed by atoms with E-state index in [4.69, 9.17) is 18.9 Å². The maximum Gasteiger partial charge on any atom is 0.0984 e. The molecule has 6 heteroatoms. The third kappa shape index (κ3) is 6.45. The van der Waals surface area contributed by atoms with Crippen LogP contribution in [0.4, 0.5) is 11.4 Å². The van der Waals surface area contributed by atoms with E-state index in [-0.39, 0.29) is 0 Å². The van der Waals surface area contributed by atoms with Crippen molar-refractivity contribution in [3.05, 3.63) is 59.7 Å². The monoisotopic (exact) mass is 438 g/mol. The fourth-order valence-corrected chi connectivity index (χ4v) is 4.06. The molecule has 6 rings (SSSR count). The van der Waals surface area contributed by atoms with Crippen molar-refractivity contribution in [3.63, 3.8) is 0 Å². The molecule has 4 aliphatic heterocycles. The molecule has 2 aromatic rings. The van der Waals surface area contributed by atoms with Gasteiger partial charge in [0, 0.05) is 37.6 Å². The minimum Gasteiger partial charge on any atom is -0.371 e. The Morgan fingerprint density at radius 3 is 1.09 bits per heavy atom. The van der Waals surface area contributed by atoms with E-state index in [1.165, 1.54) is 22.5 Å². The molecule has 4 saturated heterocycles. The van der Waals surface area contributed by atoms with Crippen LogP contribution < -0.4 is 9.80 Å². The Morgan fingerprint density at radius 1 is 0.562 bits per heavy atom. The van der Waals surface area contributed by atoms with Gasteiger partial charge in [0.05, 0.1) is 50.8 Å². The molecule has 4 unspecified atom stereocenters. The van der Waals surface area contributed by atoms with Crippen molar-refractivity contribution in [2.75, 3.05) is 62.4 Å². The van der Waals surface area contributed by atoms with Crippen molar-refractivity contribution in [2.24, 2.45) is 0 Å². The first-order chi connectivity index (χ1) is 15.7. The van der Waals surface area contributed by atoms with Crippen LogP contribution in [0.2, 0.25) is 0 Å². The second-order valence-electron chi connectivity index (χ2n) is 9.20. The Hall–Kier alpha value is -2.12. The van der Waals surface area contributed by atoms with Gasteiger partial charge in [0.25, 0.3) is 0 Å². The Balaban J connectivity index is 0.000000135. The number of hydrogen-bond donors (Lipinski definition) is 0. The van der Waals surface area contributed by atoms with Crippen LogP contribution in [0.3, 0.4) is 0 Å². The molecule has 4 heterocycles. The first-order valence-electron chi connectivity index (χ1n) is 11.7. The number of nitrogens with zero attached hydrogens (tertiary/aromatic N) is 2. The second kappa shape index (κ2) is 9.79. The van der Waals surface area contributed by atoms with Crippen molar-refractivity contribution >= 4 is 11.4 Å². The third-order valence-electron chi connectivity index (χ3n) is 6.22. The Morgan fingerprint density at radius 2 is 0.844 bits per heavy atom. The lowest BCUT2D eigenvalue weighted by Gasteiger charge is -2.25. The zero-order valence-corrected chi connectivity index (χ0v) is 19.1. The Kier molecular flexibility index (Phi) is 6.64. The molecule has 4 fully saturated rings. The Bertz CT molecular complexity index is 789. The smallest absolute Gasteiger partial charge is 0.0984 e. The number of benzene rings is 2. The first kappa shape index (κ1) is 21.7. The molecule has 0 radical (unpaired) electrons. The summed E-state index contributed by atoms with van der Waals surface area (Å²) in [6.07, 6.45) is 1.72. The predicted octanol–water partition coefficient (Wildman–Crippen LogP) is 3.20. The van der Waals surface area contributed by atoms with Gasteiger partial charge in [-0.25, -0.2) is 0 Å². The highest BCUT2D eigenvalue weighted by Crippen LogP contribution is 2.26. The van der Waals surface area contributed by atoms with Crippen LogP contribution in [0, 0.1) is 13.8 Å². The average molecular weight is 439 g/mol. The van der Waals surface area contributed by atoms with E-state index < -0.39 is 0 Å². The van der Waals surface area contributed by atoms with Gasteiger partial charge in [-0.2, -0.15) is 0 Å².